The number of aryl methyl sites for hydroxylation is 1. The molecule has 5 heteroatoms. The SMILES string of the molecule is O=c1cc2c(nn1CCCC1CCCO1)CCNC2. The predicted molar refractivity (Wildman–Crippen MR) is 72.1 cm³/mol. The molecule has 0 radical (unpaired) electrons. The van der Waals surface area contributed by atoms with E-state index in [1.807, 2.05) is 0 Å². The summed E-state index contributed by atoms with van der Waals surface area (Å²) < 4.78 is 7.22. The molecule has 1 atom stereocenters. The van der Waals surface area contributed by atoms with Crippen molar-refractivity contribution in [2.24, 2.45) is 0 Å². The number of fused-ring (bicyclic) bond motifs is 1. The Kier molecular flexibility index (Phi) is 3.94. The summed E-state index contributed by atoms with van der Waals surface area (Å²) in [6.45, 7) is 3.33. The summed E-state index contributed by atoms with van der Waals surface area (Å²) >= 11 is 0. The van der Waals surface area contributed by atoms with Crippen molar-refractivity contribution < 1.29 is 4.74 Å². The van der Waals surface area contributed by atoms with Crippen LogP contribution in [0.15, 0.2) is 10.9 Å². The average molecular weight is 263 g/mol. The van der Waals surface area contributed by atoms with Crippen molar-refractivity contribution in [3.63, 3.8) is 0 Å². The summed E-state index contributed by atoms with van der Waals surface area (Å²) in [6.07, 6.45) is 5.66. The average Bonchev–Trinajstić information content (AvgIpc) is 2.92. The highest BCUT2D eigenvalue weighted by molar-refractivity contribution is 5.20. The minimum atomic E-state index is 0.0230. The lowest BCUT2D eigenvalue weighted by Crippen LogP contribution is -2.31. The summed E-state index contributed by atoms with van der Waals surface area (Å²) in [5, 5.41) is 7.76. The van der Waals surface area contributed by atoms with Gasteiger partial charge in [-0.15, -0.1) is 0 Å². The molecule has 0 spiro atoms. The third-order valence-corrected chi connectivity index (χ3v) is 3.94. The summed E-state index contributed by atoms with van der Waals surface area (Å²) in [6, 6.07) is 1.74. The molecule has 1 unspecified atom stereocenters. The van der Waals surface area contributed by atoms with Gasteiger partial charge in [-0.1, -0.05) is 0 Å². The van der Waals surface area contributed by atoms with Crippen molar-refractivity contribution in [3.05, 3.63) is 27.7 Å². The third kappa shape index (κ3) is 3.04. The number of hydrogen-bond acceptors (Lipinski definition) is 4. The highest BCUT2D eigenvalue weighted by Crippen LogP contribution is 2.17. The Morgan fingerprint density at radius 3 is 3.32 bits per heavy atom. The Balaban J connectivity index is 1.62. The number of aromatic nitrogens is 2. The van der Waals surface area contributed by atoms with Crippen LogP contribution in [0.4, 0.5) is 0 Å². The van der Waals surface area contributed by atoms with Crippen LogP contribution in [0.5, 0.6) is 0 Å². The molecule has 0 aliphatic carbocycles. The van der Waals surface area contributed by atoms with Crippen molar-refractivity contribution in [2.75, 3.05) is 13.2 Å². The largest absolute Gasteiger partial charge is 0.378 e. The molecule has 0 amide bonds. The summed E-state index contributed by atoms with van der Waals surface area (Å²) in [5.41, 5.74) is 2.16. The maximum absolute atomic E-state index is 12.0. The first-order valence-electron chi connectivity index (χ1n) is 7.25. The molecule has 5 nitrogen and oxygen atoms in total. The lowest BCUT2D eigenvalue weighted by Gasteiger charge is -2.17. The van der Waals surface area contributed by atoms with Gasteiger partial charge in [0.15, 0.2) is 0 Å². The van der Waals surface area contributed by atoms with Crippen molar-refractivity contribution in [1.29, 1.82) is 0 Å². The minimum absolute atomic E-state index is 0.0230. The molecule has 2 aliphatic rings. The van der Waals surface area contributed by atoms with E-state index in [0.717, 1.165) is 56.6 Å². The first-order valence-corrected chi connectivity index (χ1v) is 7.25. The summed E-state index contributed by atoms with van der Waals surface area (Å²) in [4.78, 5) is 12.0. The van der Waals surface area contributed by atoms with Gasteiger partial charge in [-0.05, 0) is 31.2 Å². The van der Waals surface area contributed by atoms with E-state index in [-0.39, 0.29) is 5.56 Å². The third-order valence-electron chi connectivity index (χ3n) is 3.94. The number of ether oxygens (including phenoxy) is 1. The molecule has 19 heavy (non-hydrogen) atoms. The fraction of sp³-hybridized carbons (Fsp3) is 0.714. The maximum Gasteiger partial charge on any atom is 0.267 e. The van der Waals surface area contributed by atoms with E-state index in [2.05, 4.69) is 10.4 Å². The second kappa shape index (κ2) is 5.84. The molecule has 104 valence electrons. The number of rotatable bonds is 4. The predicted octanol–water partition coefficient (Wildman–Crippen LogP) is 0.848. The van der Waals surface area contributed by atoms with E-state index < -0.39 is 0 Å². The van der Waals surface area contributed by atoms with Gasteiger partial charge in [0.1, 0.15) is 0 Å². The van der Waals surface area contributed by atoms with Crippen LogP contribution in [0.25, 0.3) is 0 Å². The Hall–Kier alpha value is -1.20. The second-order valence-corrected chi connectivity index (χ2v) is 5.38. The molecular weight excluding hydrogens is 242 g/mol. The quantitative estimate of drug-likeness (QED) is 0.875. The number of hydrogen-bond donors (Lipinski definition) is 1. The van der Waals surface area contributed by atoms with E-state index in [1.54, 1.807) is 10.7 Å². The number of nitrogens with one attached hydrogen (secondary N) is 1. The lowest BCUT2D eigenvalue weighted by molar-refractivity contribution is 0.101. The van der Waals surface area contributed by atoms with Crippen LogP contribution in [0.2, 0.25) is 0 Å². The molecular formula is C14H21N3O2. The van der Waals surface area contributed by atoms with E-state index in [9.17, 15) is 4.79 Å². The van der Waals surface area contributed by atoms with Crippen LogP contribution in [-0.2, 0) is 24.2 Å². The van der Waals surface area contributed by atoms with Crippen molar-refractivity contribution in [3.8, 4) is 0 Å². The molecule has 1 aromatic rings. The molecule has 1 aromatic heterocycles. The Morgan fingerprint density at radius 2 is 2.47 bits per heavy atom. The first kappa shape index (κ1) is 12.8. The van der Waals surface area contributed by atoms with Crippen LogP contribution < -0.4 is 10.9 Å². The van der Waals surface area contributed by atoms with Crippen molar-refractivity contribution in [2.45, 2.75) is 51.3 Å². The highest BCUT2D eigenvalue weighted by Gasteiger charge is 2.16. The maximum atomic E-state index is 12.0. The van der Waals surface area contributed by atoms with Crippen molar-refractivity contribution >= 4 is 0 Å². The fourth-order valence-corrected chi connectivity index (χ4v) is 2.86. The van der Waals surface area contributed by atoms with E-state index >= 15 is 0 Å². The summed E-state index contributed by atoms with van der Waals surface area (Å²) in [7, 11) is 0. The summed E-state index contributed by atoms with van der Waals surface area (Å²) in [5.74, 6) is 0. The molecule has 2 aliphatic heterocycles. The molecule has 0 aromatic carbocycles. The molecule has 1 N–H and O–H groups in total. The zero-order chi connectivity index (χ0) is 13.1. The molecule has 3 rings (SSSR count). The van der Waals surface area contributed by atoms with Crippen LogP contribution in [0.1, 0.15) is 36.9 Å². The molecule has 3 heterocycles. The van der Waals surface area contributed by atoms with E-state index in [0.29, 0.717) is 12.6 Å². The lowest BCUT2D eigenvalue weighted by atomic mass is 10.1. The Bertz CT molecular complexity index is 492. The minimum Gasteiger partial charge on any atom is -0.378 e. The fourth-order valence-electron chi connectivity index (χ4n) is 2.86. The zero-order valence-electron chi connectivity index (χ0n) is 11.2. The number of nitrogens with zero attached hydrogens (tertiary/aromatic N) is 2. The molecule has 0 saturated carbocycles. The monoisotopic (exact) mass is 263 g/mol. The van der Waals surface area contributed by atoms with E-state index in [4.69, 9.17) is 4.74 Å². The van der Waals surface area contributed by atoms with Crippen LogP contribution >= 0.6 is 0 Å². The van der Waals surface area contributed by atoms with Gasteiger partial charge < -0.3 is 10.1 Å². The Morgan fingerprint density at radius 1 is 1.53 bits per heavy atom. The molecule has 1 saturated heterocycles. The standard InChI is InChI=1S/C14H21N3O2/c18-14-9-11-10-15-6-5-13(11)16-17(14)7-1-3-12-4-2-8-19-12/h9,12,15H,1-8,10H2. The van der Waals surface area contributed by atoms with Crippen molar-refractivity contribution in [1.82, 2.24) is 15.1 Å². The van der Waals surface area contributed by atoms with Gasteiger partial charge in [0.05, 0.1) is 11.8 Å². The first-order chi connectivity index (χ1) is 9.33. The normalized spacial score (nSPS) is 22.4. The van der Waals surface area contributed by atoms with Gasteiger partial charge in [0.25, 0.3) is 5.56 Å². The van der Waals surface area contributed by atoms with Crippen LogP contribution in [0, 0.1) is 0 Å². The van der Waals surface area contributed by atoms with E-state index in [1.165, 1.54) is 6.42 Å². The smallest absolute Gasteiger partial charge is 0.267 e. The van der Waals surface area contributed by atoms with Gasteiger partial charge in [-0.2, -0.15) is 5.10 Å². The zero-order valence-corrected chi connectivity index (χ0v) is 11.2. The van der Waals surface area contributed by atoms with Gasteiger partial charge in [0.2, 0.25) is 0 Å². The highest BCUT2D eigenvalue weighted by atomic mass is 16.5. The van der Waals surface area contributed by atoms with Crippen LogP contribution in [-0.4, -0.2) is 29.0 Å². The molecule has 1 fully saturated rings. The molecule has 0 bridgehead atoms. The topological polar surface area (TPSA) is 56.2 Å². The van der Waals surface area contributed by atoms with Gasteiger partial charge in [0, 0.05) is 38.7 Å². The Labute approximate surface area is 113 Å². The van der Waals surface area contributed by atoms with Gasteiger partial charge >= 0.3 is 0 Å². The van der Waals surface area contributed by atoms with Gasteiger partial charge in [-0.25, -0.2) is 4.68 Å². The van der Waals surface area contributed by atoms with Crippen LogP contribution in [0.3, 0.4) is 0 Å². The van der Waals surface area contributed by atoms with Gasteiger partial charge in [-0.3, -0.25) is 4.79 Å². The second-order valence-electron chi connectivity index (χ2n) is 5.38.